The Bertz CT molecular complexity index is 1160. The summed E-state index contributed by atoms with van der Waals surface area (Å²) in [5, 5.41) is 1.14. The van der Waals surface area contributed by atoms with Crippen molar-refractivity contribution in [1.82, 2.24) is 9.88 Å². The molecule has 2 amide bonds. The van der Waals surface area contributed by atoms with E-state index < -0.39 is 17.8 Å². The van der Waals surface area contributed by atoms with E-state index in [1.807, 2.05) is 0 Å². The molecular weight excluding hydrogens is 415 g/mol. The highest BCUT2D eigenvalue weighted by Crippen LogP contribution is 2.37. The second kappa shape index (κ2) is 7.46. The molecule has 1 aliphatic heterocycles. The zero-order chi connectivity index (χ0) is 20.7. The fourth-order valence-corrected chi connectivity index (χ4v) is 3.75. The molecule has 0 radical (unpaired) electrons. The highest BCUT2D eigenvalue weighted by atomic mass is 35.5. The number of esters is 1. The maximum atomic E-state index is 12.4. The van der Waals surface area contributed by atoms with Gasteiger partial charge in [0.05, 0.1) is 27.6 Å². The van der Waals surface area contributed by atoms with Crippen LogP contribution in [0.15, 0.2) is 42.5 Å². The van der Waals surface area contributed by atoms with Gasteiger partial charge in [0.15, 0.2) is 5.75 Å². The number of benzene rings is 2. The van der Waals surface area contributed by atoms with E-state index in [0.717, 1.165) is 4.90 Å². The lowest BCUT2D eigenvalue weighted by atomic mass is 10.1. The molecule has 0 bridgehead atoms. The van der Waals surface area contributed by atoms with Crippen LogP contribution in [0.4, 0.5) is 0 Å². The lowest BCUT2D eigenvalue weighted by molar-refractivity contribution is -0.134. The predicted molar refractivity (Wildman–Crippen MR) is 109 cm³/mol. The van der Waals surface area contributed by atoms with Gasteiger partial charge in [0.25, 0.3) is 11.8 Å². The van der Waals surface area contributed by atoms with Gasteiger partial charge in [0.2, 0.25) is 0 Å². The fraction of sp³-hybridized carbons (Fsp3) is 0.143. The van der Waals surface area contributed by atoms with E-state index in [9.17, 15) is 14.4 Å². The summed E-state index contributed by atoms with van der Waals surface area (Å²) in [5.41, 5.74) is 1.74. The molecule has 0 spiro atoms. The zero-order valence-corrected chi connectivity index (χ0v) is 16.8. The molecule has 8 heteroatoms. The molecular formula is C21H14Cl2N2O4. The Morgan fingerprint density at radius 2 is 1.69 bits per heavy atom. The van der Waals surface area contributed by atoms with Crippen LogP contribution in [0.3, 0.4) is 0 Å². The average molecular weight is 429 g/mol. The molecule has 4 rings (SSSR count). The first-order valence-corrected chi connectivity index (χ1v) is 9.53. The second-order valence-electron chi connectivity index (χ2n) is 6.55. The molecule has 0 N–H and O–H groups in total. The number of rotatable bonds is 4. The summed E-state index contributed by atoms with van der Waals surface area (Å²) < 4.78 is 5.43. The van der Waals surface area contributed by atoms with Gasteiger partial charge in [-0.15, -0.1) is 0 Å². The third-order valence-corrected chi connectivity index (χ3v) is 5.20. The van der Waals surface area contributed by atoms with Gasteiger partial charge in [0.1, 0.15) is 5.52 Å². The van der Waals surface area contributed by atoms with Gasteiger partial charge in [-0.05, 0) is 37.3 Å². The van der Waals surface area contributed by atoms with E-state index in [0.29, 0.717) is 32.7 Å². The zero-order valence-electron chi connectivity index (χ0n) is 15.2. The van der Waals surface area contributed by atoms with Gasteiger partial charge < -0.3 is 4.74 Å². The Kier molecular flexibility index (Phi) is 4.98. The molecule has 146 valence electrons. The number of halogens is 2. The minimum atomic E-state index is -0.643. The SMILES string of the molecule is Cc1ccc2c(Cl)cc(Cl)c(OC(=O)CCN3C(=O)c4ccccc4C3=O)c2n1. The first-order chi connectivity index (χ1) is 13.9. The molecule has 0 atom stereocenters. The number of ether oxygens (including phenoxy) is 1. The summed E-state index contributed by atoms with van der Waals surface area (Å²) >= 11 is 12.4. The van der Waals surface area contributed by atoms with E-state index >= 15 is 0 Å². The predicted octanol–water partition coefficient (Wildman–Crippen LogP) is 4.44. The van der Waals surface area contributed by atoms with Crippen molar-refractivity contribution in [3.05, 3.63) is 69.3 Å². The molecule has 3 aromatic rings. The van der Waals surface area contributed by atoms with Gasteiger partial charge in [-0.2, -0.15) is 0 Å². The van der Waals surface area contributed by atoms with Gasteiger partial charge >= 0.3 is 5.97 Å². The van der Waals surface area contributed by atoms with E-state index in [4.69, 9.17) is 27.9 Å². The number of carbonyl (C=O) groups is 3. The smallest absolute Gasteiger partial charge is 0.313 e. The second-order valence-corrected chi connectivity index (χ2v) is 7.36. The Hall–Kier alpha value is -2.96. The van der Waals surface area contributed by atoms with Crippen LogP contribution in [0.2, 0.25) is 10.0 Å². The monoisotopic (exact) mass is 428 g/mol. The fourth-order valence-electron chi connectivity index (χ4n) is 3.20. The number of pyridine rings is 1. The topological polar surface area (TPSA) is 76.6 Å². The first kappa shape index (κ1) is 19.4. The molecule has 1 aliphatic rings. The van der Waals surface area contributed by atoms with Gasteiger partial charge in [-0.3, -0.25) is 19.3 Å². The van der Waals surface area contributed by atoms with Crippen LogP contribution < -0.4 is 4.74 Å². The number of amides is 2. The maximum Gasteiger partial charge on any atom is 0.313 e. The number of hydrogen-bond acceptors (Lipinski definition) is 5. The maximum absolute atomic E-state index is 12.4. The summed E-state index contributed by atoms with van der Waals surface area (Å²) in [6.07, 6.45) is -0.183. The number of nitrogens with zero attached hydrogens (tertiary/aromatic N) is 2. The minimum Gasteiger partial charge on any atom is -0.423 e. The molecule has 29 heavy (non-hydrogen) atoms. The number of hydrogen-bond donors (Lipinski definition) is 0. The quantitative estimate of drug-likeness (QED) is 0.348. The van der Waals surface area contributed by atoms with E-state index in [2.05, 4.69) is 4.98 Å². The molecule has 2 heterocycles. The Morgan fingerprint density at radius 1 is 1.03 bits per heavy atom. The average Bonchev–Trinajstić information content (AvgIpc) is 2.94. The van der Waals surface area contributed by atoms with Crippen molar-refractivity contribution in [2.24, 2.45) is 0 Å². The summed E-state index contributed by atoms with van der Waals surface area (Å²) in [6.45, 7) is 1.70. The molecule has 0 saturated heterocycles. The number of carbonyl (C=O) groups excluding carboxylic acids is 3. The van der Waals surface area contributed by atoms with Crippen LogP contribution in [-0.2, 0) is 4.79 Å². The highest BCUT2D eigenvalue weighted by molar-refractivity contribution is 6.39. The third kappa shape index (κ3) is 3.45. The summed E-state index contributed by atoms with van der Waals surface area (Å²) in [5.74, 6) is -1.39. The Labute approximate surface area is 176 Å². The molecule has 0 fully saturated rings. The molecule has 6 nitrogen and oxygen atoms in total. The van der Waals surface area contributed by atoms with Gasteiger partial charge in [0, 0.05) is 17.6 Å². The van der Waals surface area contributed by atoms with Gasteiger partial charge in [-0.25, -0.2) is 4.98 Å². The van der Waals surface area contributed by atoms with Gasteiger partial charge in [-0.1, -0.05) is 35.3 Å². The van der Waals surface area contributed by atoms with Crippen molar-refractivity contribution in [3.63, 3.8) is 0 Å². The summed E-state index contributed by atoms with van der Waals surface area (Å²) in [6, 6.07) is 11.6. The standard InChI is InChI=1S/C21H14Cl2N2O4/c1-11-6-7-14-15(22)10-16(23)19(18(14)24-11)29-17(26)8-9-25-20(27)12-4-2-3-5-13(12)21(25)28/h2-7,10H,8-9H2,1H3. The largest absolute Gasteiger partial charge is 0.423 e. The first-order valence-electron chi connectivity index (χ1n) is 8.78. The molecule has 0 unspecified atom stereocenters. The van der Waals surface area contributed by atoms with Crippen molar-refractivity contribution in [2.75, 3.05) is 6.54 Å². The van der Waals surface area contributed by atoms with Crippen LogP contribution in [0.1, 0.15) is 32.8 Å². The highest BCUT2D eigenvalue weighted by Gasteiger charge is 2.35. The Morgan fingerprint density at radius 3 is 2.34 bits per heavy atom. The molecule has 0 saturated carbocycles. The lowest BCUT2D eigenvalue weighted by Crippen LogP contribution is -2.32. The van der Waals surface area contributed by atoms with Crippen molar-refractivity contribution in [2.45, 2.75) is 13.3 Å². The number of aromatic nitrogens is 1. The number of aryl methyl sites for hydroxylation is 1. The van der Waals surface area contributed by atoms with Crippen molar-refractivity contribution >= 4 is 51.9 Å². The molecule has 2 aromatic carbocycles. The number of fused-ring (bicyclic) bond motifs is 2. The number of imide groups is 1. The van der Waals surface area contributed by atoms with E-state index in [1.165, 1.54) is 6.07 Å². The van der Waals surface area contributed by atoms with Crippen LogP contribution in [0.5, 0.6) is 5.75 Å². The summed E-state index contributed by atoms with van der Waals surface area (Å²) in [4.78, 5) is 42.6. The normalized spacial score (nSPS) is 13.1. The van der Waals surface area contributed by atoms with Crippen LogP contribution in [-0.4, -0.2) is 34.2 Å². The third-order valence-electron chi connectivity index (χ3n) is 4.61. The summed E-state index contributed by atoms with van der Waals surface area (Å²) in [7, 11) is 0. The van der Waals surface area contributed by atoms with Crippen molar-refractivity contribution in [1.29, 1.82) is 0 Å². The van der Waals surface area contributed by atoms with Crippen LogP contribution in [0.25, 0.3) is 10.9 Å². The van der Waals surface area contributed by atoms with Crippen LogP contribution >= 0.6 is 23.2 Å². The van der Waals surface area contributed by atoms with E-state index in [-0.39, 0.29) is 23.7 Å². The lowest BCUT2D eigenvalue weighted by Gasteiger charge is -2.14. The van der Waals surface area contributed by atoms with Crippen LogP contribution in [0, 0.1) is 6.92 Å². The molecule has 0 aliphatic carbocycles. The minimum absolute atomic E-state index is 0.0965. The van der Waals surface area contributed by atoms with Crippen molar-refractivity contribution in [3.8, 4) is 5.75 Å². The van der Waals surface area contributed by atoms with E-state index in [1.54, 1.807) is 43.3 Å². The Balaban J connectivity index is 1.52. The van der Waals surface area contributed by atoms with Crippen molar-refractivity contribution < 1.29 is 19.1 Å². The molecule has 1 aromatic heterocycles.